The van der Waals surface area contributed by atoms with E-state index in [0.717, 1.165) is 27.2 Å². The smallest absolute Gasteiger partial charge is 0.145 e. The van der Waals surface area contributed by atoms with E-state index in [1.807, 2.05) is 19.3 Å². The quantitative estimate of drug-likeness (QED) is 0.771. The van der Waals surface area contributed by atoms with Gasteiger partial charge in [0.1, 0.15) is 10.4 Å². The maximum atomic E-state index is 4.62. The standard InChI is InChI=1S/C15H14BrN3/c1-10-3-5-11(6-4-10)15-18-14(16)13-9-12(17-2)7-8-19(13)15/h3-9,17H,1-2H3. The highest BCUT2D eigenvalue weighted by Gasteiger charge is 2.11. The number of imidazole rings is 1. The van der Waals surface area contributed by atoms with E-state index in [1.54, 1.807) is 0 Å². The second-order valence-corrected chi connectivity index (χ2v) is 5.26. The van der Waals surface area contributed by atoms with Gasteiger partial charge in [-0.25, -0.2) is 4.98 Å². The molecule has 0 unspecified atom stereocenters. The molecule has 3 rings (SSSR count). The van der Waals surface area contributed by atoms with E-state index in [9.17, 15) is 0 Å². The van der Waals surface area contributed by atoms with Gasteiger partial charge in [-0.05, 0) is 35.0 Å². The molecule has 0 spiro atoms. The van der Waals surface area contributed by atoms with Crippen LogP contribution in [0.5, 0.6) is 0 Å². The summed E-state index contributed by atoms with van der Waals surface area (Å²) < 4.78 is 2.95. The first-order valence-electron chi connectivity index (χ1n) is 6.11. The Morgan fingerprint density at radius 2 is 1.89 bits per heavy atom. The van der Waals surface area contributed by atoms with Gasteiger partial charge < -0.3 is 5.32 Å². The summed E-state index contributed by atoms with van der Waals surface area (Å²) in [4.78, 5) is 4.62. The highest BCUT2D eigenvalue weighted by molar-refractivity contribution is 9.10. The van der Waals surface area contributed by atoms with Gasteiger partial charge in [0, 0.05) is 24.5 Å². The van der Waals surface area contributed by atoms with E-state index in [0.29, 0.717) is 0 Å². The van der Waals surface area contributed by atoms with Crippen molar-refractivity contribution in [2.75, 3.05) is 12.4 Å². The van der Waals surface area contributed by atoms with Crippen LogP contribution in [0.1, 0.15) is 5.56 Å². The second-order valence-electron chi connectivity index (χ2n) is 4.51. The summed E-state index contributed by atoms with van der Waals surface area (Å²) in [6, 6.07) is 12.5. The van der Waals surface area contributed by atoms with E-state index in [-0.39, 0.29) is 0 Å². The van der Waals surface area contributed by atoms with Gasteiger partial charge in [0.15, 0.2) is 0 Å². The Kier molecular flexibility index (Phi) is 3.03. The zero-order chi connectivity index (χ0) is 13.4. The Morgan fingerprint density at radius 1 is 1.16 bits per heavy atom. The monoisotopic (exact) mass is 315 g/mol. The minimum Gasteiger partial charge on any atom is -0.388 e. The lowest BCUT2D eigenvalue weighted by Crippen LogP contribution is -1.92. The maximum absolute atomic E-state index is 4.62. The van der Waals surface area contributed by atoms with Crippen LogP contribution >= 0.6 is 15.9 Å². The van der Waals surface area contributed by atoms with Crippen molar-refractivity contribution in [2.24, 2.45) is 0 Å². The van der Waals surface area contributed by atoms with Gasteiger partial charge in [0.05, 0.1) is 5.52 Å². The third-order valence-electron chi connectivity index (χ3n) is 3.20. The van der Waals surface area contributed by atoms with Crippen LogP contribution < -0.4 is 5.32 Å². The van der Waals surface area contributed by atoms with Gasteiger partial charge in [-0.15, -0.1) is 0 Å². The molecular weight excluding hydrogens is 302 g/mol. The van der Waals surface area contributed by atoms with Crippen molar-refractivity contribution >= 4 is 27.1 Å². The number of pyridine rings is 1. The average Bonchev–Trinajstić information content (AvgIpc) is 2.76. The highest BCUT2D eigenvalue weighted by Crippen LogP contribution is 2.27. The summed E-state index contributed by atoms with van der Waals surface area (Å²) in [7, 11) is 1.91. The average molecular weight is 316 g/mol. The fourth-order valence-corrected chi connectivity index (χ4v) is 2.58. The Morgan fingerprint density at radius 3 is 2.58 bits per heavy atom. The molecule has 2 heterocycles. The molecule has 0 amide bonds. The summed E-state index contributed by atoms with van der Waals surface area (Å²) in [5.41, 5.74) is 4.50. The molecule has 0 aliphatic heterocycles. The summed E-state index contributed by atoms with van der Waals surface area (Å²) >= 11 is 3.53. The normalized spacial score (nSPS) is 10.9. The molecule has 1 N–H and O–H groups in total. The number of hydrogen-bond donors (Lipinski definition) is 1. The third kappa shape index (κ3) is 2.12. The molecule has 3 nitrogen and oxygen atoms in total. The highest BCUT2D eigenvalue weighted by atomic mass is 79.9. The lowest BCUT2D eigenvalue weighted by molar-refractivity contribution is 1.16. The van der Waals surface area contributed by atoms with Crippen LogP contribution in [-0.4, -0.2) is 16.4 Å². The number of aromatic nitrogens is 2. The van der Waals surface area contributed by atoms with Crippen molar-refractivity contribution in [2.45, 2.75) is 6.92 Å². The number of benzene rings is 1. The molecule has 0 fully saturated rings. The molecule has 0 saturated carbocycles. The summed E-state index contributed by atoms with van der Waals surface area (Å²) in [5.74, 6) is 0.949. The molecule has 0 saturated heterocycles. The number of aryl methyl sites for hydroxylation is 1. The van der Waals surface area contributed by atoms with Crippen molar-refractivity contribution in [3.8, 4) is 11.4 Å². The number of rotatable bonds is 2. The molecule has 0 atom stereocenters. The second kappa shape index (κ2) is 4.70. The van der Waals surface area contributed by atoms with Crippen molar-refractivity contribution in [3.63, 3.8) is 0 Å². The first-order valence-corrected chi connectivity index (χ1v) is 6.91. The van der Waals surface area contributed by atoms with Crippen molar-refractivity contribution in [3.05, 3.63) is 52.8 Å². The predicted octanol–water partition coefficient (Wildman–Crippen LogP) is 4.11. The van der Waals surface area contributed by atoms with Crippen LogP contribution in [0.25, 0.3) is 16.9 Å². The molecule has 96 valence electrons. The lowest BCUT2D eigenvalue weighted by atomic mass is 10.1. The minimum atomic E-state index is 0.861. The molecule has 0 bridgehead atoms. The molecule has 3 aromatic rings. The summed E-state index contributed by atoms with van der Waals surface area (Å²) in [5, 5.41) is 3.14. The number of hydrogen-bond acceptors (Lipinski definition) is 2. The van der Waals surface area contributed by atoms with E-state index < -0.39 is 0 Å². The predicted molar refractivity (Wildman–Crippen MR) is 82.6 cm³/mol. The molecule has 2 aromatic heterocycles. The van der Waals surface area contributed by atoms with Gasteiger partial charge in [-0.3, -0.25) is 4.40 Å². The van der Waals surface area contributed by atoms with Crippen molar-refractivity contribution in [1.29, 1.82) is 0 Å². The minimum absolute atomic E-state index is 0.861. The number of nitrogens with one attached hydrogen (secondary N) is 1. The van der Waals surface area contributed by atoms with Crippen LogP contribution in [0.2, 0.25) is 0 Å². The number of fused-ring (bicyclic) bond motifs is 1. The third-order valence-corrected chi connectivity index (χ3v) is 3.78. The van der Waals surface area contributed by atoms with Gasteiger partial charge in [0.25, 0.3) is 0 Å². The van der Waals surface area contributed by atoms with Crippen LogP contribution in [0.4, 0.5) is 5.69 Å². The van der Waals surface area contributed by atoms with Crippen LogP contribution in [0.3, 0.4) is 0 Å². The first kappa shape index (κ1) is 12.2. The molecule has 4 heteroatoms. The SMILES string of the molecule is CNc1ccn2c(-c3ccc(C)cc3)nc(Br)c2c1. The zero-order valence-electron chi connectivity index (χ0n) is 10.8. The van der Waals surface area contributed by atoms with E-state index in [2.05, 4.69) is 67.9 Å². The molecule has 0 aliphatic rings. The first-order chi connectivity index (χ1) is 9.19. The molecule has 0 aliphatic carbocycles. The molecule has 0 radical (unpaired) electrons. The fraction of sp³-hybridized carbons (Fsp3) is 0.133. The molecule has 1 aromatic carbocycles. The summed E-state index contributed by atoms with van der Waals surface area (Å²) in [6.45, 7) is 2.09. The van der Waals surface area contributed by atoms with Gasteiger partial charge in [-0.1, -0.05) is 29.8 Å². The number of anilines is 1. The summed E-state index contributed by atoms with van der Waals surface area (Å²) in [6.07, 6.45) is 2.04. The van der Waals surface area contributed by atoms with Crippen LogP contribution in [-0.2, 0) is 0 Å². The van der Waals surface area contributed by atoms with E-state index >= 15 is 0 Å². The topological polar surface area (TPSA) is 29.3 Å². The Labute approximate surface area is 120 Å². The number of halogens is 1. The molecule has 19 heavy (non-hydrogen) atoms. The van der Waals surface area contributed by atoms with E-state index in [4.69, 9.17) is 0 Å². The van der Waals surface area contributed by atoms with Gasteiger partial charge in [-0.2, -0.15) is 0 Å². The van der Waals surface area contributed by atoms with E-state index in [1.165, 1.54) is 5.56 Å². The number of nitrogens with zero attached hydrogens (tertiary/aromatic N) is 2. The van der Waals surface area contributed by atoms with Gasteiger partial charge in [0.2, 0.25) is 0 Å². The van der Waals surface area contributed by atoms with Gasteiger partial charge >= 0.3 is 0 Å². The van der Waals surface area contributed by atoms with Crippen molar-refractivity contribution < 1.29 is 0 Å². The van der Waals surface area contributed by atoms with Crippen LogP contribution in [0.15, 0.2) is 47.2 Å². The molecular formula is C15H14BrN3. The zero-order valence-corrected chi connectivity index (χ0v) is 12.4. The fourth-order valence-electron chi connectivity index (χ4n) is 2.11. The Balaban J connectivity index is 2.22. The maximum Gasteiger partial charge on any atom is 0.145 e. The largest absolute Gasteiger partial charge is 0.388 e. The van der Waals surface area contributed by atoms with Crippen molar-refractivity contribution in [1.82, 2.24) is 9.38 Å². The lowest BCUT2D eigenvalue weighted by Gasteiger charge is -2.04. The Bertz CT molecular complexity index is 729. The Hall–Kier alpha value is -1.81. The van der Waals surface area contributed by atoms with Crippen LogP contribution in [0, 0.1) is 6.92 Å².